The number of aliphatic hydroxyl groups excluding tert-OH is 6. The van der Waals surface area contributed by atoms with Crippen LogP contribution in [0.5, 0.6) is 0 Å². The van der Waals surface area contributed by atoms with Gasteiger partial charge in [-0.25, -0.2) is 38.4 Å². The van der Waals surface area contributed by atoms with Gasteiger partial charge in [-0.1, -0.05) is 0 Å². The molecular weight excluding hydrogens is 1650 g/mol. The highest BCUT2D eigenvalue weighted by atomic mass is 32.2. The first-order chi connectivity index (χ1) is 55.7. The second-order valence-corrected chi connectivity index (χ2v) is 39.1. The first-order valence-electron chi connectivity index (χ1n) is 40.3. The molecule has 8 unspecified atom stereocenters. The largest absolute Gasteiger partial charge is 0.444 e. The smallest absolute Gasteiger partial charge is 0.435 e. The first kappa shape index (κ1) is 107. The molecule has 19 atom stereocenters. The Morgan fingerprint density at radius 2 is 0.762 bits per heavy atom. The summed E-state index contributed by atoms with van der Waals surface area (Å²) in [7, 11) is 0. The fourth-order valence-corrected chi connectivity index (χ4v) is 13.0. The van der Waals surface area contributed by atoms with E-state index in [4.69, 9.17) is 76.0 Å². The van der Waals surface area contributed by atoms with Gasteiger partial charge in [0.25, 0.3) is 0 Å². The van der Waals surface area contributed by atoms with Crippen molar-refractivity contribution in [3.8, 4) is 0 Å². The second-order valence-electron chi connectivity index (χ2n) is 37.5. The number of thiol groups is 1. The van der Waals surface area contributed by atoms with Gasteiger partial charge in [-0.15, -0.1) is 0 Å². The monoisotopic (exact) mass is 1780 g/mol. The molecule has 4 aliphatic rings. The van der Waals surface area contributed by atoms with Crippen molar-refractivity contribution in [3.63, 3.8) is 0 Å². The summed E-state index contributed by atoms with van der Waals surface area (Å²) in [6.07, 6.45) is -37.8. The van der Waals surface area contributed by atoms with Crippen LogP contribution in [0.1, 0.15) is 220 Å². The summed E-state index contributed by atoms with van der Waals surface area (Å²) < 4.78 is 90.8. The highest BCUT2D eigenvalue weighted by molar-refractivity contribution is 7.99. The van der Waals surface area contributed by atoms with Crippen LogP contribution in [0.2, 0.25) is 0 Å². The lowest BCUT2D eigenvalue weighted by Crippen LogP contribution is -2.63. The standard InChI is InChI=1S/C79H136N12O29S2/c1-39(84-64(98)113-72(5,6)7)80-37-46-54(94)56(96)51(83-42(4)87-67(101)116-75(14,15)16)62(108-46)110-58-44(81-40(2)85-65(99)114-73(8,9)10)35-43(36-49(90-70(104)119-78(23,24)25)91-71(105)120-79(26,27)28)52(92)60(58)112-63-57(97)59(47(109-63)38-122-34-32-106-31-33-121)111-61-50(82-41(3)86-66(100)115-74(11,12)13)55(95)53(93)45(107-61)29-30-48(88-68(102)117-76(17,18)19)89-69(103)118-77(20,21)22/h43-47,50-63,92-97,121H,29-38H2,1-28H3,(H,80,84,98)(H,81,85,99)(H,82,86,100)(H,83,87,101)(H,88,89,102,103)(H,90,91,104,105)/t43-,44?,45?,46?,47+,50+,51?,52?,53+,54+,55?,56+,57-,58+,59?,60+,61?,62+,63-/m0/s1. The van der Waals surface area contributed by atoms with Crippen molar-refractivity contribution in [2.75, 3.05) is 37.0 Å². The van der Waals surface area contributed by atoms with Gasteiger partial charge in [-0.3, -0.25) is 51.9 Å². The van der Waals surface area contributed by atoms with Crippen LogP contribution in [0, 0.1) is 5.92 Å². The molecule has 0 spiro atoms. The number of carbonyl (C=O) groups excluding carboxylic acids is 8. The molecule has 4 rings (SSSR count). The van der Waals surface area contributed by atoms with E-state index in [2.05, 4.69) is 69.5 Å². The molecule has 0 aromatic heterocycles. The van der Waals surface area contributed by atoms with E-state index in [9.17, 15) is 69.0 Å². The Balaban J connectivity index is 2.17. The zero-order valence-electron chi connectivity index (χ0n) is 75.7. The van der Waals surface area contributed by atoms with Gasteiger partial charge >= 0.3 is 48.7 Å². The Morgan fingerprint density at radius 1 is 0.402 bits per heavy atom. The molecule has 3 aliphatic heterocycles. The topological polar surface area (TPSA) is 543 Å². The van der Waals surface area contributed by atoms with Crippen LogP contribution in [0.4, 0.5) is 38.4 Å². The van der Waals surface area contributed by atoms with Crippen LogP contribution in [-0.4, -0.2) is 306 Å². The second kappa shape index (κ2) is 45.8. The average Bonchev–Trinajstić information content (AvgIpc) is 1.31. The van der Waals surface area contributed by atoms with Crippen molar-refractivity contribution < 1.29 is 140 Å². The highest BCUT2D eigenvalue weighted by Crippen LogP contribution is 2.41. The average molecular weight is 1780 g/mol. The molecular formula is C79H136N12O29S2. The maximum absolute atomic E-state index is 13.9. The first-order valence-corrected chi connectivity index (χ1v) is 42.1. The summed E-state index contributed by atoms with van der Waals surface area (Å²) in [5, 5.41) is 91.0. The van der Waals surface area contributed by atoms with Crippen molar-refractivity contribution in [1.82, 2.24) is 31.9 Å². The van der Waals surface area contributed by atoms with Crippen LogP contribution >= 0.6 is 24.4 Å². The predicted molar refractivity (Wildman–Crippen MR) is 453 cm³/mol. The maximum atomic E-state index is 13.9. The number of nitrogens with zero attached hydrogens (tertiary/aromatic N) is 6. The van der Waals surface area contributed by atoms with Crippen LogP contribution in [-0.2, 0) is 71.1 Å². The maximum Gasteiger partial charge on any atom is 0.435 e. The van der Waals surface area contributed by atoms with Gasteiger partial charge in [0.05, 0.1) is 44.1 Å². The van der Waals surface area contributed by atoms with E-state index in [1.807, 2.05) is 0 Å². The van der Waals surface area contributed by atoms with E-state index in [0.717, 1.165) is 0 Å². The van der Waals surface area contributed by atoms with E-state index < -0.39 is 241 Å². The van der Waals surface area contributed by atoms with Gasteiger partial charge in [-0.2, -0.15) is 34.4 Å². The molecule has 0 bridgehead atoms. The van der Waals surface area contributed by atoms with Gasteiger partial charge in [0.1, 0.15) is 147 Å². The van der Waals surface area contributed by atoms with Gasteiger partial charge in [0.2, 0.25) is 0 Å². The molecule has 12 N–H and O–H groups in total. The molecule has 1 aliphatic carbocycles. The number of aliphatic imine (C=N–C) groups is 6. The minimum absolute atomic E-state index is 0.0360. The van der Waals surface area contributed by atoms with Crippen LogP contribution in [0.25, 0.3) is 0 Å². The minimum Gasteiger partial charge on any atom is -0.444 e. The minimum atomic E-state index is -2.08. The van der Waals surface area contributed by atoms with Crippen molar-refractivity contribution in [2.24, 2.45) is 35.9 Å². The fourth-order valence-electron chi connectivity index (χ4n) is 12.0. The van der Waals surface area contributed by atoms with Crippen molar-refractivity contribution in [2.45, 2.75) is 375 Å². The quantitative estimate of drug-likeness (QED) is 0.0152. The van der Waals surface area contributed by atoms with E-state index in [0.29, 0.717) is 5.75 Å². The number of aliphatic hydroxyl groups is 6. The predicted octanol–water partition coefficient (Wildman–Crippen LogP) is 7.95. The molecule has 3 heterocycles. The Hall–Kier alpha value is -7.24. The van der Waals surface area contributed by atoms with E-state index in [1.165, 1.54) is 39.5 Å². The molecule has 41 nitrogen and oxygen atoms in total. The number of carbonyl (C=O) groups is 8. The third kappa shape index (κ3) is 40.4. The number of hydrogen-bond acceptors (Lipinski definition) is 35. The summed E-state index contributed by atoms with van der Waals surface area (Å²) in [5.74, 6) is -2.17. The molecule has 43 heteroatoms. The molecule has 8 amide bonds. The number of alkyl carbamates (subject to hydrolysis) is 6. The molecule has 0 aromatic carbocycles. The summed E-state index contributed by atoms with van der Waals surface area (Å²) >= 11 is 5.51. The Kier molecular flexibility index (Phi) is 40.2. The lowest BCUT2D eigenvalue weighted by atomic mass is 9.77. The SMILES string of the molecule is CC(=NCC1O[C@H](O[C@@H]2C(N=C(C)NC(=O)OC(C)(C)C)C[C@@H](CC(=NC(=O)OC(C)(C)C)NC(=O)OC(C)(C)C)C(O)[C@H]2O[C@@H]2O[C@H](CSCCOCCS)C(OC3OC(CCC(=NC(=O)OC(C)(C)C)NC(=O)OC(C)(C)C)[C@@H](O)C(O)[C@H]3N=C(C)NC(=O)OC(C)(C)C)[C@@H]2O)C(N=C(C)NC(=O)OC(C)(C)C)[C@@H](O)[C@@H]1O)NC(=O)OC(C)(C)C. The third-order valence-electron chi connectivity index (χ3n) is 16.4. The van der Waals surface area contributed by atoms with Crippen LogP contribution < -0.4 is 31.9 Å². The third-order valence-corrected chi connectivity index (χ3v) is 17.6. The zero-order valence-corrected chi connectivity index (χ0v) is 77.4. The lowest BCUT2D eigenvalue weighted by molar-refractivity contribution is -0.308. The molecule has 4 fully saturated rings. The number of thioether (sulfide) groups is 1. The lowest BCUT2D eigenvalue weighted by Gasteiger charge is -2.48. The molecule has 3 saturated heterocycles. The molecule has 0 radical (unpaired) electrons. The van der Waals surface area contributed by atoms with E-state index >= 15 is 0 Å². The fraction of sp³-hybridized carbons (Fsp3) is 0.823. The van der Waals surface area contributed by atoms with E-state index in [1.54, 1.807) is 166 Å². The Bertz CT molecular complexity index is 3680. The number of rotatable bonds is 23. The van der Waals surface area contributed by atoms with Crippen LogP contribution in [0.15, 0.2) is 30.0 Å². The summed E-state index contributed by atoms with van der Waals surface area (Å²) in [4.78, 5) is 135. The number of amides is 8. The molecule has 1 saturated carbocycles. The van der Waals surface area contributed by atoms with Gasteiger partial charge in [-0.05, 0) is 213 Å². The van der Waals surface area contributed by atoms with E-state index in [-0.39, 0.29) is 60.3 Å². The molecule has 698 valence electrons. The normalized spacial score (nSPS) is 27.8. The number of nitrogens with one attached hydrogen (secondary N) is 6. The highest BCUT2D eigenvalue weighted by Gasteiger charge is 2.57. The van der Waals surface area contributed by atoms with Crippen molar-refractivity contribution in [1.29, 1.82) is 0 Å². The van der Waals surface area contributed by atoms with Crippen LogP contribution in [0.3, 0.4) is 0 Å². The summed E-state index contributed by atoms with van der Waals surface area (Å²) in [6.45, 7) is 43.8. The van der Waals surface area contributed by atoms with Crippen molar-refractivity contribution >= 4 is 108 Å². The Morgan fingerprint density at radius 3 is 1.19 bits per heavy atom. The summed E-state index contributed by atoms with van der Waals surface area (Å²) in [6, 6.07) is -5.04. The number of ether oxygens (including phenoxy) is 15. The Labute approximate surface area is 724 Å². The van der Waals surface area contributed by atoms with Gasteiger partial charge in [0.15, 0.2) is 18.9 Å². The number of amidine groups is 6. The number of hydrogen-bond donors (Lipinski definition) is 13. The van der Waals surface area contributed by atoms with Gasteiger partial charge < -0.3 is 102 Å². The zero-order chi connectivity index (χ0) is 92.9. The van der Waals surface area contributed by atoms with Crippen molar-refractivity contribution in [3.05, 3.63) is 0 Å². The molecule has 0 aromatic rings. The van der Waals surface area contributed by atoms with Gasteiger partial charge in [0, 0.05) is 30.1 Å². The summed E-state index contributed by atoms with van der Waals surface area (Å²) in [5.41, 5.74) is -8.41. The molecule has 122 heavy (non-hydrogen) atoms.